The molecule has 6 heteroatoms. The molecule has 3 nitrogen and oxygen atoms in total. The van der Waals surface area contributed by atoms with Crippen molar-refractivity contribution in [2.24, 2.45) is 11.8 Å². The number of aliphatic hydroxyl groups excluding tert-OH is 1. The van der Waals surface area contributed by atoms with E-state index >= 15 is 0 Å². The summed E-state index contributed by atoms with van der Waals surface area (Å²) in [6.07, 6.45) is 6.87. The molecule has 43 heavy (non-hydrogen) atoms. The number of aromatic nitrogens is 1. The summed E-state index contributed by atoms with van der Waals surface area (Å²) < 4.78 is 0. The second-order valence-electron chi connectivity index (χ2n) is 12.7. The van der Waals surface area contributed by atoms with Crippen molar-refractivity contribution in [3.05, 3.63) is 77.7 Å². The molecule has 2 heterocycles. The number of benzene rings is 3. The average molecular weight is 834 g/mol. The summed E-state index contributed by atoms with van der Waals surface area (Å²) >= 11 is 0.236. The summed E-state index contributed by atoms with van der Waals surface area (Å²) in [7, 11) is 0. The normalized spacial score (nSPS) is 12.7. The van der Waals surface area contributed by atoms with Gasteiger partial charge in [0.1, 0.15) is 0 Å². The van der Waals surface area contributed by atoms with E-state index in [1.165, 1.54) is 53.8 Å². The van der Waals surface area contributed by atoms with Crippen LogP contribution in [0.1, 0.15) is 64.5 Å². The number of aryl methyl sites for hydroxylation is 1. The zero-order valence-electron chi connectivity index (χ0n) is 26.9. The van der Waals surface area contributed by atoms with E-state index in [9.17, 15) is 9.90 Å². The number of fused-ring (bicyclic) bond motifs is 3. The van der Waals surface area contributed by atoms with Gasteiger partial charge in [-0.15, -0.1) is 0 Å². The smallest absolute Gasteiger partial charge is 0 e. The Morgan fingerprint density at radius 2 is 1.65 bits per heavy atom. The van der Waals surface area contributed by atoms with E-state index in [4.69, 9.17) is 4.98 Å². The molecule has 0 spiro atoms. The van der Waals surface area contributed by atoms with Gasteiger partial charge in [0.25, 0.3) is 0 Å². The number of ketones is 1. The zero-order valence-corrected chi connectivity index (χ0v) is 32.2. The van der Waals surface area contributed by atoms with Gasteiger partial charge in [-0.2, -0.15) is 0 Å². The minimum Gasteiger partial charge on any atom is 0 e. The quantitative estimate of drug-likeness (QED) is 0.0696. The molecule has 5 rings (SSSR count). The Morgan fingerprint density at radius 3 is 2.28 bits per heavy atom. The van der Waals surface area contributed by atoms with E-state index in [2.05, 4.69) is 72.7 Å². The van der Waals surface area contributed by atoms with Crippen LogP contribution in [0.5, 0.6) is 0 Å². The maximum Gasteiger partial charge on any atom is 0 e. The van der Waals surface area contributed by atoms with E-state index in [1.54, 1.807) is 0 Å². The third-order valence-corrected chi connectivity index (χ3v) is 12.6. The number of carbonyl (C=O) groups is 1. The number of hydrogen-bond acceptors (Lipinski definition) is 4. The van der Waals surface area contributed by atoms with Gasteiger partial charge in [-0.25, -0.2) is 0 Å². The standard InChI is InChI=1S/C24H22GeNS.C13H24O2.Ir/c1-15-19-8-6-5-7-17(19)13-20-23-22-18(9-10-26-23)11-16(14-25(2,3)4)12-21(22)27-24(15)20;1-5-10(6-2)12(14)9-13(15)11(7-3)8-4;/h5-12H,14H2,1-4H3;9-11,14H,5-8H2,1-4H3;/q-1;;/b;12-9-;. The van der Waals surface area contributed by atoms with Crippen molar-refractivity contribution in [1.82, 2.24) is 4.98 Å². The van der Waals surface area contributed by atoms with Gasteiger partial charge >= 0.3 is 168 Å². The monoisotopic (exact) mass is 835 g/mol. The van der Waals surface area contributed by atoms with Crippen molar-refractivity contribution in [2.75, 3.05) is 0 Å². The fourth-order valence-electron chi connectivity index (χ4n) is 5.93. The largest absolute Gasteiger partial charge is 0 e. The van der Waals surface area contributed by atoms with Gasteiger partial charge in [-0.05, 0) is 25.7 Å². The van der Waals surface area contributed by atoms with Crippen LogP contribution in [0.3, 0.4) is 0 Å². The summed E-state index contributed by atoms with van der Waals surface area (Å²) in [5.41, 5.74) is 5.08. The predicted molar refractivity (Wildman–Crippen MR) is 183 cm³/mol. The molecular formula is C37H46GeIrNO2S-. The molecule has 0 atom stereocenters. The summed E-state index contributed by atoms with van der Waals surface area (Å²) in [5.74, 6) is 8.01. The Bertz CT molecular complexity index is 1620. The maximum absolute atomic E-state index is 11.7. The molecule has 0 fully saturated rings. The van der Waals surface area contributed by atoms with Gasteiger partial charge in [0.15, 0.2) is 5.78 Å². The molecule has 231 valence electrons. The molecule has 0 saturated heterocycles. The summed E-state index contributed by atoms with van der Waals surface area (Å²) in [6, 6.07) is 19.2. The van der Waals surface area contributed by atoms with Crippen LogP contribution in [0, 0.1) is 24.8 Å². The average Bonchev–Trinajstić information content (AvgIpc) is 2.94. The molecule has 3 aromatic carbocycles. The van der Waals surface area contributed by atoms with Crippen LogP contribution in [-0.2, 0) is 30.2 Å². The molecule has 1 aromatic heterocycles. The second-order valence-corrected chi connectivity index (χ2v) is 25.2. The van der Waals surface area contributed by atoms with Crippen LogP contribution in [0.25, 0.3) is 32.8 Å². The van der Waals surface area contributed by atoms with Crippen LogP contribution < -0.4 is 0 Å². The van der Waals surface area contributed by atoms with Crippen molar-refractivity contribution >= 4 is 52.4 Å². The third kappa shape index (κ3) is 8.22. The molecule has 0 saturated carbocycles. The molecule has 1 aliphatic rings. The van der Waals surface area contributed by atoms with Gasteiger partial charge < -0.3 is 5.11 Å². The van der Waals surface area contributed by atoms with Crippen LogP contribution in [0.15, 0.2) is 70.3 Å². The Balaban J connectivity index is 0.000000274. The van der Waals surface area contributed by atoms with Crippen molar-refractivity contribution in [3.63, 3.8) is 0 Å². The van der Waals surface area contributed by atoms with Gasteiger partial charge in [0, 0.05) is 38.0 Å². The summed E-state index contributed by atoms with van der Waals surface area (Å²) in [6.45, 7) is 10.3. The first-order chi connectivity index (χ1) is 20.0. The molecule has 0 unspecified atom stereocenters. The Morgan fingerprint density at radius 1 is 1.00 bits per heavy atom. The number of carbonyl (C=O) groups excluding carboxylic acids is 1. The SMILES string of the molecule is CCC(CC)C(=O)/C=C(\O)C(CC)CC.Cc1c2c([c-]c3ccccc13)-c1nccc3cc([CH2][Ge]([CH3])([CH3])[CH3])cc(c13)S2.[Ir]. The van der Waals surface area contributed by atoms with Crippen molar-refractivity contribution < 1.29 is 30.0 Å². The summed E-state index contributed by atoms with van der Waals surface area (Å²) in [5, 5.41) is 16.1. The maximum atomic E-state index is 11.7. The molecule has 0 bridgehead atoms. The topological polar surface area (TPSA) is 50.2 Å². The predicted octanol–water partition coefficient (Wildman–Crippen LogP) is 10.9. The van der Waals surface area contributed by atoms with E-state index in [0.717, 1.165) is 36.9 Å². The first-order valence-electron chi connectivity index (χ1n) is 15.5. The molecule has 0 amide bonds. The van der Waals surface area contributed by atoms with E-state index in [0.29, 0.717) is 0 Å². The Hall–Kier alpha value is -1.92. The number of aliphatic hydroxyl groups is 1. The van der Waals surface area contributed by atoms with Gasteiger partial charge in [-0.3, -0.25) is 4.79 Å². The zero-order chi connectivity index (χ0) is 30.6. The van der Waals surface area contributed by atoms with Gasteiger partial charge in [-0.1, -0.05) is 27.7 Å². The number of rotatable bonds is 9. The van der Waals surface area contributed by atoms with Crippen LogP contribution in [0.4, 0.5) is 0 Å². The number of nitrogens with zero attached hydrogens (tertiary/aromatic N) is 1. The molecule has 0 aliphatic carbocycles. The molecule has 1 radical (unpaired) electrons. The van der Waals surface area contributed by atoms with Crippen molar-refractivity contribution in [1.29, 1.82) is 0 Å². The number of pyridine rings is 1. The molecule has 1 N–H and O–H groups in total. The van der Waals surface area contributed by atoms with Crippen LogP contribution in [-0.4, -0.2) is 29.1 Å². The fraction of sp³-hybridized carbons (Fsp3) is 0.405. The van der Waals surface area contributed by atoms with E-state index in [1.807, 2.05) is 45.7 Å². The van der Waals surface area contributed by atoms with Crippen molar-refractivity contribution in [2.45, 2.75) is 92.6 Å². The Kier molecular flexibility index (Phi) is 12.7. The Labute approximate surface area is 279 Å². The van der Waals surface area contributed by atoms with E-state index < -0.39 is 13.3 Å². The van der Waals surface area contributed by atoms with E-state index in [-0.39, 0.29) is 43.5 Å². The molecule has 4 aromatic rings. The summed E-state index contributed by atoms with van der Waals surface area (Å²) in [4.78, 5) is 19.2. The first-order valence-corrected chi connectivity index (χ1v) is 24.1. The fourth-order valence-corrected chi connectivity index (χ4v) is 10.2. The minimum atomic E-state index is -1.67. The number of hydrogen-bond donors (Lipinski definition) is 1. The van der Waals surface area contributed by atoms with Crippen LogP contribution in [0.2, 0.25) is 17.3 Å². The first kappa shape index (κ1) is 35.6. The van der Waals surface area contributed by atoms with Gasteiger partial charge in [0.05, 0.1) is 5.76 Å². The molecule has 1 aliphatic heterocycles. The van der Waals surface area contributed by atoms with Gasteiger partial charge in [0.2, 0.25) is 0 Å². The van der Waals surface area contributed by atoms with Crippen LogP contribution >= 0.6 is 11.8 Å². The van der Waals surface area contributed by atoms with Crippen molar-refractivity contribution in [3.8, 4) is 11.3 Å². The number of allylic oxidation sites excluding steroid dienone is 2. The third-order valence-electron chi connectivity index (χ3n) is 8.31. The second kappa shape index (κ2) is 15.4. The molecular weight excluding hydrogens is 787 g/mol. The minimum absolute atomic E-state index is 0.